The summed E-state index contributed by atoms with van der Waals surface area (Å²) < 4.78 is 18.2. The van der Waals surface area contributed by atoms with Crippen LogP contribution in [0.3, 0.4) is 0 Å². The minimum absolute atomic E-state index is 0.0639. The van der Waals surface area contributed by atoms with Gasteiger partial charge in [0.2, 0.25) is 5.91 Å². The van der Waals surface area contributed by atoms with Gasteiger partial charge < -0.3 is 15.4 Å². The van der Waals surface area contributed by atoms with Gasteiger partial charge in [-0.1, -0.05) is 32.0 Å². The standard InChI is InChI=1S/C18H21FN2O2/c1-12(2)14-6-4-5-7-15(14)21-18(22)11-20-16-9-8-13(19)10-17(16)23-3/h4-10,12,20H,11H2,1-3H3,(H,21,22). The number of amides is 1. The molecule has 4 nitrogen and oxygen atoms in total. The number of benzene rings is 2. The summed E-state index contributed by atoms with van der Waals surface area (Å²) in [5.41, 5.74) is 2.46. The number of anilines is 2. The van der Waals surface area contributed by atoms with Crippen molar-refractivity contribution in [3.8, 4) is 5.75 Å². The third kappa shape index (κ3) is 4.45. The zero-order valence-corrected chi connectivity index (χ0v) is 13.5. The molecule has 0 fully saturated rings. The molecular formula is C18H21FN2O2. The Labute approximate surface area is 135 Å². The van der Waals surface area contributed by atoms with E-state index in [1.807, 2.05) is 24.3 Å². The number of carbonyl (C=O) groups is 1. The van der Waals surface area contributed by atoms with Crippen molar-refractivity contribution >= 4 is 17.3 Å². The predicted molar refractivity (Wildman–Crippen MR) is 90.6 cm³/mol. The normalized spacial score (nSPS) is 10.5. The molecule has 0 aliphatic heterocycles. The summed E-state index contributed by atoms with van der Waals surface area (Å²) in [6, 6.07) is 11.8. The molecule has 0 atom stereocenters. The van der Waals surface area contributed by atoms with E-state index in [0.29, 0.717) is 17.4 Å². The summed E-state index contributed by atoms with van der Waals surface area (Å²) in [6.07, 6.45) is 0. The zero-order chi connectivity index (χ0) is 16.8. The second kappa shape index (κ2) is 7.63. The number of para-hydroxylation sites is 1. The molecule has 0 saturated heterocycles. The van der Waals surface area contributed by atoms with E-state index in [-0.39, 0.29) is 18.3 Å². The monoisotopic (exact) mass is 316 g/mol. The van der Waals surface area contributed by atoms with Gasteiger partial charge in [-0.05, 0) is 29.7 Å². The average molecular weight is 316 g/mol. The van der Waals surface area contributed by atoms with Gasteiger partial charge in [-0.3, -0.25) is 4.79 Å². The molecule has 0 aromatic heterocycles. The van der Waals surface area contributed by atoms with Crippen LogP contribution >= 0.6 is 0 Å². The number of nitrogens with one attached hydrogen (secondary N) is 2. The largest absolute Gasteiger partial charge is 0.494 e. The first-order chi connectivity index (χ1) is 11.0. The van der Waals surface area contributed by atoms with E-state index in [1.54, 1.807) is 6.07 Å². The highest BCUT2D eigenvalue weighted by molar-refractivity contribution is 5.94. The molecule has 0 unspecified atom stereocenters. The van der Waals surface area contributed by atoms with E-state index in [0.717, 1.165) is 11.3 Å². The fourth-order valence-electron chi connectivity index (χ4n) is 2.30. The lowest BCUT2D eigenvalue weighted by Gasteiger charge is -2.15. The van der Waals surface area contributed by atoms with Crippen LogP contribution in [-0.4, -0.2) is 19.6 Å². The summed E-state index contributed by atoms with van der Waals surface area (Å²) in [5.74, 6) is 0.115. The van der Waals surface area contributed by atoms with Crippen LogP contribution in [0.15, 0.2) is 42.5 Å². The van der Waals surface area contributed by atoms with Gasteiger partial charge in [0.1, 0.15) is 11.6 Å². The van der Waals surface area contributed by atoms with E-state index < -0.39 is 0 Å². The minimum atomic E-state index is -0.386. The van der Waals surface area contributed by atoms with E-state index in [4.69, 9.17) is 4.74 Å². The van der Waals surface area contributed by atoms with Crippen molar-refractivity contribution in [2.45, 2.75) is 19.8 Å². The Kier molecular flexibility index (Phi) is 5.57. The summed E-state index contributed by atoms with van der Waals surface area (Å²) in [5, 5.41) is 5.85. The Balaban J connectivity index is 2.01. The van der Waals surface area contributed by atoms with Crippen molar-refractivity contribution in [1.29, 1.82) is 0 Å². The Hall–Kier alpha value is -2.56. The molecule has 23 heavy (non-hydrogen) atoms. The molecule has 2 aromatic rings. The van der Waals surface area contributed by atoms with Gasteiger partial charge in [0.25, 0.3) is 0 Å². The maximum absolute atomic E-state index is 13.2. The van der Waals surface area contributed by atoms with Gasteiger partial charge in [-0.15, -0.1) is 0 Å². The number of ether oxygens (including phenoxy) is 1. The van der Waals surface area contributed by atoms with Gasteiger partial charge >= 0.3 is 0 Å². The second-order valence-corrected chi connectivity index (χ2v) is 5.49. The first kappa shape index (κ1) is 16.8. The molecule has 2 aromatic carbocycles. The molecular weight excluding hydrogens is 295 g/mol. The zero-order valence-electron chi connectivity index (χ0n) is 13.5. The number of rotatable bonds is 6. The smallest absolute Gasteiger partial charge is 0.243 e. The van der Waals surface area contributed by atoms with Crippen LogP contribution in [0.4, 0.5) is 15.8 Å². The van der Waals surface area contributed by atoms with Crippen LogP contribution < -0.4 is 15.4 Å². The van der Waals surface area contributed by atoms with E-state index in [9.17, 15) is 9.18 Å². The number of methoxy groups -OCH3 is 1. The Bertz CT molecular complexity index is 686. The SMILES string of the molecule is COc1cc(F)ccc1NCC(=O)Nc1ccccc1C(C)C. The molecule has 0 aliphatic carbocycles. The van der Waals surface area contributed by atoms with Gasteiger partial charge in [0, 0.05) is 11.8 Å². The first-order valence-electron chi connectivity index (χ1n) is 7.47. The van der Waals surface area contributed by atoms with Crippen LogP contribution in [0, 0.1) is 5.82 Å². The van der Waals surface area contributed by atoms with Gasteiger partial charge in [-0.2, -0.15) is 0 Å². The lowest BCUT2D eigenvalue weighted by Crippen LogP contribution is -2.22. The van der Waals surface area contributed by atoms with E-state index in [2.05, 4.69) is 24.5 Å². The Morgan fingerprint density at radius 1 is 1.17 bits per heavy atom. The maximum atomic E-state index is 13.2. The molecule has 0 saturated carbocycles. The molecule has 2 N–H and O–H groups in total. The number of hydrogen-bond acceptors (Lipinski definition) is 3. The van der Waals surface area contributed by atoms with Gasteiger partial charge in [-0.25, -0.2) is 4.39 Å². The molecule has 1 amide bonds. The quantitative estimate of drug-likeness (QED) is 0.846. The van der Waals surface area contributed by atoms with Gasteiger partial charge in [0.15, 0.2) is 0 Å². The lowest BCUT2D eigenvalue weighted by molar-refractivity contribution is -0.114. The lowest BCUT2D eigenvalue weighted by atomic mass is 10.0. The third-order valence-corrected chi connectivity index (χ3v) is 3.46. The highest BCUT2D eigenvalue weighted by Gasteiger charge is 2.10. The topological polar surface area (TPSA) is 50.4 Å². The Morgan fingerprint density at radius 3 is 2.61 bits per heavy atom. The second-order valence-electron chi connectivity index (χ2n) is 5.49. The molecule has 0 spiro atoms. The van der Waals surface area contributed by atoms with Crippen molar-refractivity contribution in [2.24, 2.45) is 0 Å². The van der Waals surface area contributed by atoms with Gasteiger partial charge in [0.05, 0.1) is 19.3 Å². The molecule has 0 bridgehead atoms. The van der Waals surface area contributed by atoms with Crippen LogP contribution in [0.25, 0.3) is 0 Å². The highest BCUT2D eigenvalue weighted by Crippen LogP contribution is 2.25. The van der Waals surface area contributed by atoms with Crippen LogP contribution in [0.2, 0.25) is 0 Å². The van der Waals surface area contributed by atoms with E-state index >= 15 is 0 Å². The average Bonchev–Trinajstić information content (AvgIpc) is 2.53. The van der Waals surface area contributed by atoms with Crippen molar-refractivity contribution < 1.29 is 13.9 Å². The van der Waals surface area contributed by atoms with Crippen LogP contribution in [-0.2, 0) is 4.79 Å². The fraction of sp³-hybridized carbons (Fsp3) is 0.278. The molecule has 2 rings (SSSR count). The van der Waals surface area contributed by atoms with Crippen molar-refractivity contribution in [3.63, 3.8) is 0 Å². The summed E-state index contributed by atoms with van der Waals surface area (Å²) >= 11 is 0. The summed E-state index contributed by atoms with van der Waals surface area (Å²) in [4.78, 5) is 12.1. The van der Waals surface area contributed by atoms with Crippen molar-refractivity contribution in [1.82, 2.24) is 0 Å². The van der Waals surface area contributed by atoms with Crippen LogP contribution in [0.1, 0.15) is 25.3 Å². The van der Waals surface area contributed by atoms with Crippen molar-refractivity contribution in [3.05, 3.63) is 53.8 Å². The highest BCUT2D eigenvalue weighted by atomic mass is 19.1. The number of hydrogen-bond donors (Lipinski definition) is 2. The number of halogens is 1. The third-order valence-electron chi connectivity index (χ3n) is 3.46. The summed E-state index contributed by atoms with van der Waals surface area (Å²) in [7, 11) is 1.46. The molecule has 122 valence electrons. The summed E-state index contributed by atoms with van der Waals surface area (Å²) in [6.45, 7) is 4.22. The molecule has 0 heterocycles. The van der Waals surface area contributed by atoms with Crippen LogP contribution in [0.5, 0.6) is 5.75 Å². The predicted octanol–water partition coefficient (Wildman–Crippen LogP) is 4.01. The van der Waals surface area contributed by atoms with Crippen molar-refractivity contribution in [2.75, 3.05) is 24.3 Å². The maximum Gasteiger partial charge on any atom is 0.243 e. The number of carbonyl (C=O) groups excluding carboxylic acids is 1. The molecule has 0 radical (unpaired) electrons. The Morgan fingerprint density at radius 2 is 1.91 bits per heavy atom. The fourth-order valence-corrected chi connectivity index (χ4v) is 2.30. The molecule has 0 aliphatic rings. The molecule has 5 heteroatoms. The first-order valence-corrected chi connectivity index (χ1v) is 7.47. The van der Waals surface area contributed by atoms with E-state index in [1.165, 1.54) is 19.2 Å². The minimum Gasteiger partial charge on any atom is -0.494 e.